The maximum absolute atomic E-state index is 2.62. The van der Waals surface area contributed by atoms with Crippen molar-refractivity contribution in [2.75, 3.05) is 0 Å². The van der Waals surface area contributed by atoms with Gasteiger partial charge in [0, 0.05) is 0 Å². The van der Waals surface area contributed by atoms with Gasteiger partial charge in [0.05, 0.1) is 0 Å². The van der Waals surface area contributed by atoms with Crippen LogP contribution in [0.3, 0.4) is 0 Å². The van der Waals surface area contributed by atoms with E-state index in [9.17, 15) is 0 Å². The first-order valence-corrected chi connectivity index (χ1v) is 16.7. The van der Waals surface area contributed by atoms with Crippen LogP contribution < -0.4 is 9.71 Å². The van der Waals surface area contributed by atoms with Crippen LogP contribution in [-0.4, -0.2) is 0 Å². The number of benzene rings is 3. The summed E-state index contributed by atoms with van der Waals surface area (Å²) in [4.78, 5) is 0. The molecule has 0 aliphatic rings. The molecule has 6 rings (SSSR count). The van der Waals surface area contributed by atoms with E-state index < -0.39 is 17.2 Å². The van der Waals surface area contributed by atoms with Crippen LogP contribution in [0.4, 0.5) is 0 Å². The van der Waals surface area contributed by atoms with Crippen LogP contribution in [0.5, 0.6) is 0 Å². The molecule has 40 heavy (non-hydrogen) atoms. The van der Waals surface area contributed by atoms with E-state index in [4.69, 9.17) is 0 Å². The quantitative estimate of drug-likeness (QED) is 0.182. The van der Waals surface area contributed by atoms with E-state index in [0.29, 0.717) is 0 Å². The monoisotopic (exact) mass is 700 g/mol. The van der Waals surface area contributed by atoms with Gasteiger partial charge < -0.3 is 0 Å². The van der Waals surface area contributed by atoms with Crippen molar-refractivity contribution in [1.82, 2.24) is 0 Å². The van der Waals surface area contributed by atoms with Gasteiger partial charge in [0.15, 0.2) is 0 Å². The molecule has 6 aromatic rings. The van der Waals surface area contributed by atoms with Crippen molar-refractivity contribution in [3.8, 4) is 33.8 Å². The molecular formula is C36H33IrN3+3. The molecule has 0 spiro atoms. The second kappa shape index (κ2) is 11.5. The number of nitrogens with zero attached hydrogens (tertiary/aromatic N) is 3. The summed E-state index contributed by atoms with van der Waals surface area (Å²) in [5.41, 5.74) is 11.1. The minimum atomic E-state index is -2.62. The molecule has 0 amide bonds. The van der Waals surface area contributed by atoms with Gasteiger partial charge in [0.1, 0.15) is 0 Å². The maximum atomic E-state index is 2.54. The zero-order valence-electron chi connectivity index (χ0n) is 23.0. The Labute approximate surface area is 243 Å². The van der Waals surface area contributed by atoms with Crippen LogP contribution in [-0.2, 0) is 17.2 Å². The number of aromatic nitrogens is 3. The van der Waals surface area contributed by atoms with Gasteiger partial charge in [-0.25, -0.2) is 0 Å². The predicted molar refractivity (Wildman–Crippen MR) is 157 cm³/mol. The molecular weight excluding hydrogens is 667 g/mol. The summed E-state index contributed by atoms with van der Waals surface area (Å²) < 4.78 is 7.63. The molecule has 0 N–H and O–H groups in total. The van der Waals surface area contributed by atoms with E-state index >= 15 is 0 Å². The summed E-state index contributed by atoms with van der Waals surface area (Å²) in [5.74, 6) is 0. The molecule has 0 fully saturated rings. The summed E-state index contributed by atoms with van der Waals surface area (Å²) >= 11 is -2.62. The molecule has 0 bridgehead atoms. The molecule has 0 saturated heterocycles. The molecule has 0 saturated carbocycles. The second-order valence-electron chi connectivity index (χ2n) is 9.92. The van der Waals surface area contributed by atoms with E-state index in [-0.39, 0.29) is 0 Å². The number of aryl methyl sites for hydroxylation is 3. The first kappa shape index (κ1) is 26.0. The Morgan fingerprint density at radius 1 is 0.350 bits per heavy atom. The van der Waals surface area contributed by atoms with Crippen LogP contribution >= 0.6 is 0 Å². The number of hydrogen-bond acceptors (Lipinski definition) is 0. The van der Waals surface area contributed by atoms with Crippen LogP contribution in [0.2, 0.25) is 0 Å². The van der Waals surface area contributed by atoms with Crippen molar-refractivity contribution >= 4 is 0 Å². The van der Waals surface area contributed by atoms with Gasteiger partial charge in [-0.1, -0.05) is 0 Å². The van der Waals surface area contributed by atoms with E-state index in [2.05, 4.69) is 176 Å². The topological polar surface area (TPSA) is 11.6 Å². The molecule has 0 atom stereocenters. The van der Waals surface area contributed by atoms with Gasteiger partial charge in [-0.05, 0) is 0 Å². The Hall–Kier alpha value is -4.24. The standard InChI is InChI=1S/3C12H11N.Ir/c3*1-10-5-7-11(8-6-10)12-4-2-3-9-13-12;/h3*2-9H,1H3;/q;;;+3. The Kier molecular flexibility index (Phi) is 7.46. The van der Waals surface area contributed by atoms with Gasteiger partial charge in [0.25, 0.3) is 0 Å². The van der Waals surface area contributed by atoms with E-state index in [1.807, 2.05) is 0 Å². The van der Waals surface area contributed by atoms with Crippen molar-refractivity contribution in [2.45, 2.75) is 20.8 Å². The third-order valence-electron chi connectivity index (χ3n) is 6.86. The number of hydrogen-bond donors (Lipinski definition) is 0. The van der Waals surface area contributed by atoms with Gasteiger partial charge in [0.2, 0.25) is 0 Å². The Bertz CT molecular complexity index is 1550. The second-order valence-corrected chi connectivity index (χ2v) is 14.8. The van der Waals surface area contributed by atoms with Gasteiger partial charge in [-0.3, -0.25) is 0 Å². The molecule has 0 aliphatic heterocycles. The average molecular weight is 700 g/mol. The summed E-state index contributed by atoms with van der Waals surface area (Å²) in [6, 6.07) is 46.3. The number of rotatable bonds is 6. The SMILES string of the molecule is Cc1ccc(-c2cccc[n+]2[Ir]([n+]2ccccc2-c2ccc(C)cc2)[n+]2ccccc2-c2ccc(C)cc2)cc1. The number of pyridine rings is 3. The predicted octanol–water partition coefficient (Wildman–Crippen LogP) is 6.78. The van der Waals surface area contributed by atoms with Crippen LogP contribution in [0.25, 0.3) is 33.8 Å². The molecule has 3 aromatic carbocycles. The fraction of sp³-hybridized carbons (Fsp3) is 0.0833. The summed E-state index contributed by atoms with van der Waals surface area (Å²) in [7, 11) is 0. The zero-order valence-corrected chi connectivity index (χ0v) is 25.4. The van der Waals surface area contributed by atoms with E-state index in [1.54, 1.807) is 0 Å². The van der Waals surface area contributed by atoms with Gasteiger partial charge in [-0.2, -0.15) is 0 Å². The fourth-order valence-electron chi connectivity index (χ4n) is 4.64. The van der Waals surface area contributed by atoms with Crippen molar-refractivity contribution < 1.29 is 26.9 Å². The molecule has 198 valence electrons. The molecule has 0 aliphatic carbocycles. The van der Waals surface area contributed by atoms with Crippen molar-refractivity contribution in [2.24, 2.45) is 0 Å². The van der Waals surface area contributed by atoms with Gasteiger partial charge >= 0.3 is 244 Å². The molecule has 0 unspecified atom stereocenters. The van der Waals surface area contributed by atoms with Crippen molar-refractivity contribution in [1.29, 1.82) is 0 Å². The molecule has 3 aromatic heterocycles. The molecule has 0 radical (unpaired) electrons. The molecule has 3 heterocycles. The van der Waals surface area contributed by atoms with Gasteiger partial charge in [-0.15, -0.1) is 0 Å². The molecule has 4 heteroatoms. The van der Waals surface area contributed by atoms with Crippen LogP contribution in [0, 0.1) is 20.8 Å². The third-order valence-corrected chi connectivity index (χ3v) is 12.8. The first-order valence-electron chi connectivity index (χ1n) is 13.5. The third kappa shape index (κ3) is 5.29. The minimum absolute atomic E-state index is 1.22. The van der Waals surface area contributed by atoms with E-state index in [0.717, 1.165) is 0 Å². The zero-order chi connectivity index (χ0) is 27.5. The molecule has 3 nitrogen and oxygen atoms in total. The van der Waals surface area contributed by atoms with Crippen molar-refractivity contribution in [3.63, 3.8) is 0 Å². The first-order chi connectivity index (χ1) is 19.6. The van der Waals surface area contributed by atoms with Crippen LogP contribution in [0.1, 0.15) is 16.7 Å². The Morgan fingerprint density at radius 2 is 0.625 bits per heavy atom. The summed E-state index contributed by atoms with van der Waals surface area (Å²) in [6.07, 6.45) is 6.80. The Balaban J connectivity index is 1.64. The summed E-state index contributed by atoms with van der Waals surface area (Å²) in [6.45, 7) is 6.43. The van der Waals surface area contributed by atoms with Crippen LogP contribution in [0.15, 0.2) is 146 Å². The van der Waals surface area contributed by atoms with E-state index in [1.165, 1.54) is 50.5 Å². The normalized spacial score (nSPS) is 11.3. The van der Waals surface area contributed by atoms with Crippen molar-refractivity contribution in [3.05, 3.63) is 163 Å². The fourth-order valence-corrected chi connectivity index (χ4v) is 10.9. The Morgan fingerprint density at radius 3 is 0.900 bits per heavy atom. The average Bonchev–Trinajstić information content (AvgIpc) is 3.00. The summed E-state index contributed by atoms with van der Waals surface area (Å²) in [5, 5.41) is 0.